The Morgan fingerprint density at radius 1 is 1.45 bits per heavy atom. The van der Waals surface area contributed by atoms with E-state index in [4.69, 9.17) is 4.52 Å². The Morgan fingerprint density at radius 3 is 3.05 bits per heavy atom. The van der Waals surface area contributed by atoms with Crippen molar-refractivity contribution in [2.75, 3.05) is 6.54 Å². The van der Waals surface area contributed by atoms with Gasteiger partial charge in [-0.15, -0.1) is 0 Å². The summed E-state index contributed by atoms with van der Waals surface area (Å²) in [7, 11) is 0. The molecule has 0 bridgehead atoms. The molecule has 1 N–H and O–H groups in total. The summed E-state index contributed by atoms with van der Waals surface area (Å²) in [5.41, 5.74) is 2.04. The van der Waals surface area contributed by atoms with Gasteiger partial charge in [0.2, 0.25) is 11.8 Å². The van der Waals surface area contributed by atoms with Crippen LogP contribution in [0.1, 0.15) is 36.4 Å². The first kappa shape index (κ1) is 14.7. The Labute approximate surface area is 128 Å². The Morgan fingerprint density at radius 2 is 2.32 bits per heavy atom. The van der Waals surface area contributed by atoms with Gasteiger partial charge < -0.3 is 9.84 Å². The summed E-state index contributed by atoms with van der Waals surface area (Å²) in [4.78, 5) is 17.8. The third kappa shape index (κ3) is 3.33. The zero-order valence-corrected chi connectivity index (χ0v) is 12.9. The number of nitrogens with zero attached hydrogens (tertiary/aromatic N) is 5. The molecule has 0 fully saturated rings. The second-order valence-corrected chi connectivity index (χ2v) is 5.42. The number of hydrogen-bond acceptors (Lipinski definition) is 6. The predicted octanol–water partition coefficient (Wildman–Crippen LogP) is 0.617. The van der Waals surface area contributed by atoms with Crippen molar-refractivity contribution in [3.8, 4) is 0 Å². The van der Waals surface area contributed by atoms with E-state index in [1.54, 1.807) is 6.92 Å². The van der Waals surface area contributed by atoms with Crippen molar-refractivity contribution in [3.05, 3.63) is 29.2 Å². The lowest BCUT2D eigenvalue weighted by Crippen LogP contribution is -2.33. The lowest BCUT2D eigenvalue weighted by molar-refractivity contribution is -0.120. The Balaban J connectivity index is 1.60. The zero-order valence-electron chi connectivity index (χ0n) is 12.9. The zero-order chi connectivity index (χ0) is 15.5. The van der Waals surface area contributed by atoms with E-state index in [-0.39, 0.29) is 5.91 Å². The molecule has 0 aromatic carbocycles. The van der Waals surface area contributed by atoms with E-state index in [1.807, 2.05) is 17.7 Å². The minimum Gasteiger partial charge on any atom is -0.350 e. The maximum Gasteiger partial charge on any atom is 0.223 e. The largest absolute Gasteiger partial charge is 0.350 e. The standard InChI is InChI=1S/C14H20N6O2/c1-3-14(21)15-7-11-6-12-8-19(4-5-20(12)17-11)9-13-16-10(2)22-18-13/h6H,3-5,7-9H2,1-2H3,(H,15,21). The molecule has 22 heavy (non-hydrogen) atoms. The van der Waals surface area contributed by atoms with Crippen molar-refractivity contribution in [1.29, 1.82) is 0 Å². The number of rotatable bonds is 5. The maximum atomic E-state index is 11.3. The van der Waals surface area contributed by atoms with Crippen LogP contribution in [0.3, 0.4) is 0 Å². The van der Waals surface area contributed by atoms with Gasteiger partial charge in [-0.3, -0.25) is 14.4 Å². The Kier molecular flexibility index (Phi) is 4.19. The van der Waals surface area contributed by atoms with E-state index in [0.717, 1.165) is 31.0 Å². The molecule has 0 spiro atoms. The van der Waals surface area contributed by atoms with Gasteiger partial charge in [0.15, 0.2) is 5.82 Å². The van der Waals surface area contributed by atoms with Crippen molar-refractivity contribution >= 4 is 5.91 Å². The molecule has 3 heterocycles. The summed E-state index contributed by atoms with van der Waals surface area (Å²) in [5.74, 6) is 1.34. The van der Waals surface area contributed by atoms with Crippen LogP contribution < -0.4 is 5.32 Å². The lowest BCUT2D eigenvalue weighted by Gasteiger charge is -2.26. The van der Waals surface area contributed by atoms with Crippen LogP contribution in [-0.2, 0) is 31.0 Å². The summed E-state index contributed by atoms with van der Waals surface area (Å²) < 4.78 is 7.00. The summed E-state index contributed by atoms with van der Waals surface area (Å²) in [5, 5.41) is 11.3. The number of aryl methyl sites for hydroxylation is 1. The summed E-state index contributed by atoms with van der Waals surface area (Å²) in [6.07, 6.45) is 0.492. The lowest BCUT2D eigenvalue weighted by atomic mass is 10.2. The van der Waals surface area contributed by atoms with Crippen molar-refractivity contribution in [1.82, 2.24) is 30.1 Å². The van der Waals surface area contributed by atoms with Gasteiger partial charge >= 0.3 is 0 Å². The Bertz CT molecular complexity index is 662. The van der Waals surface area contributed by atoms with Crippen LogP contribution >= 0.6 is 0 Å². The number of nitrogens with one attached hydrogen (secondary N) is 1. The highest BCUT2D eigenvalue weighted by Gasteiger charge is 2.20. The molecule has 8 nitrogen and oxygen atoms in total. The number of aromatic nitrogens is 4. The van der Waals surface area contributed by atoms with Crippen LogP contribution in [0, 0.1) is 6.92 Å². The van der Waals surface area contributed by atoms with E-state index < -0.39 is 0 Å². The van der Waals surface area contributed by atoms with Crippen molar-refractivity contribution in [3.63, 3.8) is 0 Å². The third-order valence-corrected chi connectivity index (χ3v) is 3.65. The number of hydrogen-bond donors (Lipinski definition) is 1. The molecule has 0 saturated carbocycles. The third-order valence-electron chi connectivity index (χ3n) is 3.65. The molecule has 118 valence electrons. The first-order valence-electron chi connectivity index (χ1n) is 7.48. The highest BCUT2D eigenvalue weighted by molar-refractivity contribution is 5.75. The summed E-state index contributed by atoms with van der Waals surface area (Å²) in [6.45, 7) is 7.30. The monoisotopic (exact) mass is 304 g/mol. The number of fused-ring (bicyclic) bond motifs is 1. The van der Waals surface area contributed by atoms with E-state index >= 15 is 0 Å². The average Bonchev–Trinajstić information content (AvgIpc) is 3.10. The fraction of sp³-hybridized carbons (Fsp3) is 0.571. The Hall–Kier alpha value is -2.22. The van der Waals surface area contributed by atoms with Crippen LogP contribution in [0.25, 0.3) is 0 Å². The number of carbonyl (C=O) groups is 1. The van der Waals surface area contributed by atoms with Crippen LogP contribution in [0.2, 0.25) is 0 Å². The minimum atomic E-state index is 0.0417. The van der Waals surface area contributed by atoms with Crippen LogP contribution in [0.5, 0.6) is 0 Å². The second-order valence-electron chi connectivity index (χ2n) is 5.42. The van der Waals surface area contributed by atoms with Gasteiger partial charge in [0.05, 0.1) is 31.0 Å². The predicted molar refractivity (Wildman–Crippen MR) is 77.5 cm³/mol. The first-order chi connectivity index (χ1) is 10.6. The summed E-state index contributed by atoms with van der Waals surface area (Å²) >= 11 is 0. The average molecular weight is 304 g/mol. The highest BCUT2D eigenvalue weighted by atomic mass is 16.5. The molecule has 2 aromatic heterocycles. The molecule has 3 rings (SSSR count). The highest BCUT2D eigenvalue weighted by Crippen LogP contribution is 2.15. The normalized spacial score (nSPS) is 14.8. The SMILES string of the molecule is CCC(=O)NCc1cc2n(n1)CCN(Cc1noc(C)n1)C2. The van der Waals surface area contributed by atoms with Gasteiger partial charge in [0.1, 0.15) is 0 Å². The van der Waals surface area contributed by atoms with Gasteiger partial charge in [-0.25, -0.2) is 0 Å². The van der Waals surface area contributed by atoms with Crippen LogP contribution in [0.15, 0.2) is 10.6 Å². The fourth-order valence-corrected chi connectivity index (χ4v) is 2.52. The molecule has 1 aliphatic heterocycles. The molecule has 1 amide bonds. The molecule has 0 saturated heterocycles. The minimum absolute atomic E-state index is 0.0417. The number of amides is 1. The van der Waals surface area contributed by atoms with E-state index in [2.05, 4.69) is 25.5 Å². The molecule has 0 unspecified atom stereocenters. The van der Waals surface area contributed by atoms with Gasteiger partial charge in [0.25, 0.3) is 0 Å². The van der Waals surface area contributed by atoms with Crippen LogP contribution in [0.4, 0.5) is 0 Å². The second kappa shape index (κ2) is 6.27. The quantitative estimate of drug-likeness (QED) is 0.871. The van der Waals surface area contributed by atoms with Crippen LogP contribution in [-0.4, -0.2) is 37.3 Å². The molecular weight excluding hydrogens is 284 g/mol. The molecule has 2 aromatic rings. The molecule has 1 aliphatic rings. The van der Waals surface area contributed by atoms with E-state index in [0.29, 0.717) is 31.2 Å². The smallest absolute Gasteiger partial charge is 0.223 e. The van der Waals surface area contributed by atoms with Crippen molar-refractivity contribution in [2.45, 2.75) is 46.4 Å². The van der Waals surface area contributed by atoms with Gasteiger partial charge in [-0.2, -0.15) is 10.1 Å². The van der Waals surface area contributed by atoms with Gasteiger partial charge in [-0.1, -0.05) is 12.1 Å². The number of carbonyl (C=O) groups excluding carboxylic acids is 1. The van der Waals surface area contributed by atoms with Crippen molar-refractivity contribution < 1.29 is 9.32 Å². The van der Waals surface area contributed by atoms with Crippen molar-refractivity contribution in [2.24, 2.45) is 0 Å². The van der Waals surface area contributed by atoms with Gasteiger partial charge in [-0.05, 0) is 6.07 Å². The first-order valence-corrected chi connectivity index (χ1v) is 7.48. The van der Waals surface area contributed by atoms with Gasteiger partial charge in [0, 0.05) is 26.4 Å². The summed E-state index contributed by atoms with van der Waals surface area (Å²) in [6, 6.07) is 2.05. The molecule has 0 atom stereocenters. The molecular formula is C14H20N6O2. The fourth-order valence-electron chi connectivity index (χ4n) is 2.52. The topological polar surface area (TPSA) is 89.1 Å². The molecule has 8 heteroatoms. The van der Waals surface area contributed by atoms with E-state index in [9.17, 15) is 4.79 Å². The molecule has 0 aliphatic carbocycles. The molecule has 0 radical (unpaired) electrons. The van der Waals surface area contributed by atoms with E-state index in [1.165, 1.54) is 0 Å². The maximum absolute atomic E-state index is 11.3.